The molecule has 23 heavy (non-hydrogen) atoms. The van der Waals surface area contributed by atoms with Gasteiger partial charge in [0.1, 0.15) is 0 Å². The lowest BCUT2D eigenvalue weighted by molar-refractivity contribution is 1.09. The summed E-state index contributed by atoms with van der Waals surface area (Å²) >= 11 is 0. The third-order valence-corrected chi connectivity index (χ3v) is 2.62. The fraction of sp³-hybridized carbons (Fsp3) is 0.391. The van der Waals surface area contributed by atoms with E-state index in [1.165, 1.54) is 28.7 Å². The summed E-state index contributed by atoms with van der Waals surface area (Å²) < 4.78 is 0. The number of aryl methyl sites for hydroxylation is 2. The lowest BCUT2D eigenvalue weighted by atomic mass is 10.1. The smallest absolute Gasteiger partial charge is 0.0256 e. The predicted molar refractivity (Wildman–Crippen MR) is 110 cm³/mol. The van der Waals surface area contributed by atoms with E-state index in [0.29, 0.717) is 0 Å². The van der Waals surface area contributed by atoms with Gasteiger partial charge in [0.15, 0.2) is 0 Å². The Morgan fingerprint density at radius 1 is 0.565 bits per heavy atom. The van der Waals surface area contributed by atoms with Crippen molar-refractivity contribution in [1.82, 2.24) is 0 Å². The maximum Gasteiger partial charge on any atom is -0.0256 e. The fourth-order valence-electron chi connectivity index (χ4n) is 1.55. The van der Waals surface area contributed by atoms with Gasteiger partial charge < -0.3 is 0 Å². The van der Waals surface area contributed by atoms with E-state index in [1.807, 2.05) is 27.7 Å². The molecule has 0 saturated heterocycles. The molecule has 0 atom stereocenters. The highest BCUT2D eigenvalue weighted by molar-refractivity contribution is 5.69. The van der Waals surface area contributed by atoms with Crippen molar-refractivity contribution in [3.8, 4) is 0 Å². The summed E-state index contributed by atoms with van der Waals surface area (Å²) in [4.78, 5) is 0. The Bertz CT molecular complexity index is 439. The summed E-state index contributed by atoms with van der Waals surface area (Å²) in [5.41, 5.74) is 5.08. The molecule has 2 aromatic carbocycles. The van der Waals surface area contributed by atoms with E-state index in [4.69, 9.17) is 0 Å². The van der Waals surface area contributed by atoms with Gasteiger partial charge in [0.05, 0.1) is 0 Å². The van der Waals surface area contributed by atoms with E-state index >= 15 is 0 Å². The molecule has 0 radical (unpaired) electrons. The molecule has 0 heterocycles. The first-order valence-electron chi connectivity index (χ1n) is 8.97. The molecule has 2 rings (SSSR count). The molecule has 0 saturated carbocycles. The van der Waals surface area contributed by atoms with Gasteiger partial charge in [0.2, 0.25) is 0 Å². The second-order valence-electron chi connectivity index (χ2n) is 4.86. The molecule has 0 N–H and O–H groups in total. The Kier molecular flexibility index (Phi) is 16.9. The van der Waals surface area contributed by atoms with E-state index in [1.54, 1.807) is 0 Å². The molecule has 128 valence electrons. The van der Waals surface area contributed by atoms with Crippen molar-refractivity contribution in [2.75, 3.05) is 0 Å². The van der Waals surface area contributed by atoms with Crippen LogP contribution < -0.4 is 0 Å². The second kappa shape index (κ2) is 16.5. The molecular formula is C23H36. The second-order valence-corrected chi connectivity index (χ2v) is 4.86. The summed E-state index contributed by atoms with van der Waals surface area (Å²) in [6.45, 7) is 16.5. The molecule has 0 aliphatic carbocycles. The SMILES string of the molecule is CC.CC.CCC.Cc1ccc(/C=C/c2ccc(C)cc2)cc1. The Morgan fingerprint density at radius 3 is 1.00 bits per heavy atom. The monoisotopic (exact) mass is 312 g/mol. The summed E-state index contributed by atoms with van der Waals surface area (Å²) in [6, 6.07) is 17.1. The van der Waals surface area contributed by atoms with Crippen molar-refractivity contribution in [1.29, 1.82) is 0 Å². The average molecular weight is 313 g/mol. The van der Waals surface area contributed by atoms with Gasteiger partial charge in [-0.25, -0.2) is 0 Å². The summed E-state index contributed by atoms with van der Waals surface area (Å²) in [5.74, 6) is 0. The molecule has 0 heteroatoms. The van der Waals surface area contributed by atoms with Gasteiger partial charge >= 0.3 is 0 Å². The highest BCUT2D eigenvalue weighted by Gasteiger charge is 1.88. The lowest BCUT2D eigenvalue weighted by Gasteiger charge is -1.96. The number of rotatable bonds is 2. The Hall–Kier alpha value is -1.82. The number of benzene rings is 2. The van der Waals surface area contributed by atoms with E-state index in [2.05, 4.69) is 88.4 Å². The average Bonchev–Trinajstić information content (AvgIpc) is 2.60. The van der Waals surface area contributed by atoms with Crippen LogP contribution in [0.4, 0.5) is 0 Å². The highest BCUT2D eigenvalue weighted by Crippen LogP contribution is 2.10. The zero-order valence-electron chi connectivity index (χ0n) is 16.5. The standard InChI is InChI=1S/C16H16.C3H8.2C2H6/c1-13-3-7-15(8-4-13)11-12-16-9-5-14(2)6-10-16;1-3-2;2*1-2/h3-12H,1-2H3;3H2,1-2H3;2*1-2H3/b12-11+;;;. The molecule has 0 nitrogen and oxygen atoms in total. The van der Waals surface area contributed by atoms with Crippen molar-refractivity contribution >= 4 is 12.2 Å². The third-order valence-electron chi connectivity index (χ3n) is 2.62. The van der Waals surface area contributed by atoms with Crippen LogP contribution in [0.2, 0.25) is 0 Å². The maximum absolute atomic E-state index is 2.14. The minimum Gasteiger partial charge on any atom is -0.0683 e. The molecule has 0 fully saturated rings. The Labute approximate surface area is 145 Å². The van der Waals surface area contributed by atoms with Crippen LogP contribution >= 0.6 is 0 Å². The quantitative estimate of drug-likeness (QED) is 0.494. The van der Waals surface area contributed by atoms with Crippen LogP contribution in [0, 0.1) is 13.8 Å². The molecule has 0 bridgehead atoms. The van der Waals surface area contributed by atoms with Crippen LogP contribution in [0.25, 0.3) is 12.2 Å². The Balaban J connectivity index is 0. The van der Waals surface area contributed by atoms with Crippen LogP contribution in [0.1, 0.15) is 70.2 Å². The molecule has 0 aliphatic heterocycles. The van der Waals surface area contributed by atoms with Crippen LogP contribution in [-0.4, -0.2) is 0 Å². The molecule has 2 aromatic rings. The first-order chi connectivity index (χ1) is 11.2. The number of hydrogen-bond donors (Lipinski definition) is 0. The van der Waals surface area contributed by atoms with Gasteiger partial charge in [0, 0.05) is 0 Å². The van der Waals surface area contributed by atoms with Crippen molar-refractivity contribution in [2.24, 2.45) is 0 Å². The first kappa shape index (κ1) is 23.4. The van der Waals surface area contributed by atoms with Crippen molar-refractivity contribution < 1.29 is 0 Å². The van der Waals surface area contributed by atoms with Crippen molar-refractivity contribution in [2.45, 2.75) is 61.8 Å². The van der Waals surface area contributed by atoms with E-state index in [0.717, 1.165) is 0 Å². The van der Waals surface area contributed by atoms with E-state index in [9.17, 15) is 0 Å². The van der Waals surface area contributed by atoms with Gasteiger partial charge in [-0.05, 0) is 25.0 Å². The van der Waals surface area contributed by atoms with Crippen LogP contribution in [-0.2, 0) is 0 Å². The van der Waals surface area contributed by atoms with Gasteiger partial charge in [-0.15, -0.1) is 0 Å². The summed E-state index contributed by atoms with van der Waals surface area (Å²) in [5, 5.41) is 0. The Morgan fingerprint density at radius 2 is 0.783 bits per heavy atom. The van der Waals surface area contributed by atoms with E-state index in [-0.39, 0.29) is 0 Å². The van der Waals surface area contributed by atoms with Gasteiger partial charge in [0.25, 0.3) is 0 Å². The van der Waals surface area contributed by atoms with Gasteiger partial charge in [-0.3, -0.25) is 0 Å². The van der Waals surface area contributed by atoms with Crippen LogP contribution in [0.15, 0.2) is 48.5 Å². The lowest BCUT2D eigenvalue weighted by Crippen LogP contribution is -1.75. The molecule has 0 aromatic heterocycles. The molecular weight excluding hydrogens is 276 g/mol. The molecule has 0 amide bonds. The maximum atomic E-state index is 2.14. The first-order valence-corrected chi connectivity index (χ1v) is 8.97. The summed E-state index contributed by atoms with van der Waals surface area (Å²) in [6.07, 6.45) is 5.54. The largest absolute Gasteiger partial charge is 0.0683 e. The number of hydrogen-bond acceptors (Lipinski definition) is 0. The zero-order valence-corrected chi connectivity index (χ0v) is 16.5. The van der Waals surface area contributed by atoms with E-state index < -0.39 is 0 Å². The zero-order chi connectivity index (χ0) is 18.1. The van der Waals surface area contributed by atoms with Crippen molar-refractivity contribution in [3.05, 3.63) is 70.8 Å². The molecule has 0 aliphatic rings. The van der Waals surface area contributed by atoms with Crippen LogP contribution in [0.3, 0.4) is 0 Å². The minimum atomic E-state index is 1.24. The van der Waals surface area contributed by atoms with Crippen LogP contribution in [0.5, 0.6) is 0 Å². The summed E-state index contributed by atoms with van der Waals surface area (Å²) in [7, 11) is 0. The molecule has 0 spiro atoms. The van der Waals surface area contributed by atoms with Crippen molar-refractivity contribution in [3.63, 3.8) is 0 Å². The third kappa shape index (κ3) is 12.4. The van der Waals surface area contributed by atoms with Gasteiger partial charge in [-0.2, -0.15) is 0 Å². The normalized spacial score (nSPS) is 8.87. The topological polar surface area (TPSA) is 0 Å². The highest BCUT2D eigenvalue weighted by atomic mass is 13.9. The minimum absolute atomic E-state index is 1.24. The fourth-order valence-corrected chi connectivity index (χ4v) is 1.55. The predicted octanol–water partition coefficient (Wildman–Crippen LogP) is 7.94. The molecule has 0 unspecified atom stereocenters. The van der Waals surface area contributed by atoms with Gasteiger partial charge in [-0.1, -0.05) is 120 Å².